The van der Waals surface area contributed by atoms with Gasteiger partial charge in [0.2, 0.25) is 11.8 Å². The van der Waals surface area contributed by atoms with Crippen LogP contribution in [0.15, 0.2) is 48.5 Å². The number of hydrogen-bond donors (Lipinski definition) is 1. The van der Waals surface area contributed by atoms with Crippen molar-refractivity contribution >= 4 is 29.3 Å². The van der Waals surface area contributed by atoms with Gasteiger partial charge in [-0.3, -0.25) is 19.7 Å². The van der Waals surface area contributed by atoms with Crippen molar-refractivity contribution in [1.29, 1.82) is 0 Å². The van der Waals surface area contributed by atoms with E-state index in [2.05, 4.69) is 5.32 Å². The van der Waals surface area contributed by atoms with Gasteiger partial charge >= 0.3 is 0 Å². The van der Waals surface area contributed by atoms with Crippen molar-refractivity contribution in [3.63, 3.8) is 0 Å². The van der Waals surface area contributed by atoms with E-state index >= 15 is 0 Å². The third-order valence-corrected chi connectivity index (χ3v) is 6.06. The molecule has 7 nitrogen and oxygen atoms in total. The number of nitro benzene ring substituents is 1. The van der Waals surface area contributed by atoms with E-state index in [0.717, 1.165) is 17.5 Å². The second-order valence-corrected chi connectivity index (χ2v) is 8.54. The molecule has 0 heterocycles. The third-order valence-electron chi connectivity index (χ3n) is 5.08. The summed E-state index contributed by atoms with van der Waals surface area (Å²) in [6, 6.07) is 11.3. The minimum atomic E-state index is -0.693. The van der Waals surface area contributed by atoms with Crippen LogP contribution >= 0.6 is 11.8 Å². The lowest BCUT2D eigenvalue weighted by molar-refractivity contribution is -0.384. The summed E-state index contributed by atoms with van der Waals surface area (Å²) in [5.74, 6) is -0.184. The zero-order chi connectivity index (χ0) is 23.7. The summed E-state index contributed by atoms with van der Waals surface area (Å²) >= 11 is 1.36. The zero-order valence-electron chi connectivity index (χ0n) is 18.4. The smallest absolute Gasteiger partial charge is 0.269 e. The summed E-state index contributed by atoms with van der Waals surface area (Å²) in [6.07, 6.45) is 0.773. The van der Waals surface area contributed by atoms with Gasteiger partial charge in [-0.1, -0.05) is 31.2 Å². The van der Waals surface area contributed by atoms with Crippen molar-refractivity contribution in [1.82, 2.24) is 10.2 Å². The number of carbonyl (C=O) groups excluding carboxylic acids is 2. The van der Waals surface area contributed by atoms with Crippen LogP contribution in [0.3, 0.4) is 0 Å². The highest BCUT2D eigenvalue weighted by atomic mass is 32.2. The van der Waals surface area contributed by atoms with E-state index in [0.29, 0.717) is 5.75 Å². The Morgan fingerprint density at radius 1 is 1.09 bits per heavy atom. The highest BCUT2D eigenvalue weighted by molar-refractivity contribution is 7.99. The monoisotopic (exact) mass is 461 g/mol. The molecule has 0 saturated carbocycles. The Kier molecular flexibility index (Phi) is 9.64. The van der Waals surface area contributed by atoms with Gasteiger partial charge in [0.05, 0.1) is 10.7 Å². The van der Waals surface area contributed by atoms with Crippen molar-refractivity contribution < 1.29 is 18.9 Å². The van der Waals surface area contributed by atoms with Crippen molar-refractivity contribution in [3.05, 3.63) is 75.6 Å². The molecule has 0 spiro atoms. The molecule has 0 fully saturated rings. The Morgan fingerprint density at radius 3 is 2.25 bits per heavy atom. The number of nitro groups is 1. The fraction of sp³-hybridized carbons (Fsp3) is 0.391. The number of non-ortho nitro benzene ring substituents is 1. The number of rotatable bonds is 11. The van der Waals surface area contributed by atoms with Crippen LogP contribution in [0.1, 0.15) is 38.3 Å². The Morgan fingerprint density at radius 2 is 1.69 bits per heavy atom. The SMILES string of the molecule is CC[C@H](C)NC(=O)[C@@H](C)N(Cc1ccc(F)cc1)C(=O)CSCc1ccc([N+](=O)[O-])cc1. The van der Waals surface area contributed by atoms with Crippen molar-refractivity contribution in [2.75, 3.05) is 5.75 Å². The van der Waals surface area contributed by atoms with E-state index in [1.165, 1.54) is 40.9 Å². The van der Waals surface area contributed by atoms with Gasteiger partial charge < -0.3 is 10.2 Å². The van der Waals surface area contributed by atoms with Gasteiger partial charge in [0.15, 0.2) is 0 Å². The fourth-order valence-electron chi connectivity index (χ4n) is 2.89. The standard InChI is InChI=1S/C23H28FN3O4S/c1-4-16(2)25-23(29)17(3)26(13-18-5-9-20(24)10-6-18)22(28)15-32-14-19-7-11-21(12-8-19)27(30)31/h5-12,16-17H,4,13-15H2,1-3H3,(H,25,29)/t16-,17+/m0/s1. The summed E-state index contributed by atoms with van der Waals surface area (Å²) in [5.41, 5.74) is 1.60. The van der Waals surface area contributed by atoms with E-state index < -0.39 is 11.0 Å². The summed E-state index contributed by atoms with van der Waals surface area (Å²) < 4.78 is 13.3. The number of nitrogens with zero attached hydrogens (tertiary/aromatic N) is 2. The average molecular weight is 462 g/mol. The highest BCUT2D eigenvalue weighted by Gasteiger charge is 2.26. The van der Waals surface area contributed by atoms with Crippen molar-refractivity contribution in [3.8, 4) is 0 Å². The largest absolute Gasteiger partial charge is 0.352 e. The minimum absolute atomic E-state index is 0.00997. The number of carbonyl (C=O) groups is 2. The first-order valence-electron chi connectivity index (χ1n) is 10.4. The van der Waals surface area contributed by atoms with Gasteiger partial charge in [-0.15, -0.1) is 11.8 Å². The van der Waals surface area contributed by atoms with Crippen LogP contribution in [0.25, 0.3) is 0 Å². The second kappa shape index (κ2) is 12.2. The van der Waals surface area contributed by atoms with Gasteiger partial charge in [-0.25, -0.2) is 4.39 Å². The van der Waals surface area contributed by atoms with Crippen molar-refractivity contribution in [2.24, 2.45) is 0 Å². The minimum Gasteiger partial charge on any atom is -0.352 e. The van der Waals surface area contributed by atoms with E-state index in [9.17, 15) is 24.1 Å². The first-order valence-corrected chi connectivity index (χ1v) is 11.5. The molecule has 0 unspecified atom stereocenters. The number of halogens is 1. The molecule has 0 aliphatic rings. The van der Waals surface area contributed by atoms with Gasteiger partial charge in [-0.2, -0.15) is 0 Å². The molecule has 0 aliphatic carbocycles. The van der Waals surface area contributed by atoms with Crippen LogP contribution < -0.4 is 5.32 Å². The van der Waals surface area contributed by atoms with Crippen LogP contribution in [-0.4, -0.2) is 39.5 Å². The maximum absolute atomic E-state index is 13.3. The number of amides is 2. The van der Waals surface area contributed by atoms with Crippen LogP contribution in [0.5, 0.6) is 0 Å². The molecule has 32 heavy (non-hydrogen) atoms. The molecule has 0 saturated heterocycles. The molecule has 9 heteroatoms. The lowest BCUT2D eigenvalue weighted by Crippen LogP contribution is -2.50. The van der Waals surface area contributed by atoms with Crippen LogP contribution in [-0.2, 0) is 21.9 Å². The van der Waals surface area contributed by atoms with E-state index in [4.69, 9.17) is 0 Å². The Balaban J connectivity index is 2.05. The molecular formula is C23H28FN3O4S. The summed E-state index contributed by atoms with van der Waals surface area (Å²) in [4.78, 5) is 37.5. The normalized spacial score (nSPS) is 12.6. The summed E-state index contributed by atoms with van der Waals surface area (Å²) in [6.45, 7) is 5.73. The molecule has 0 radical (unpaired) electrons. The Labute approximate surface area is 191 Å². The van der Waals surface area contributed by atoms with Gasteiger partial charge in [-0.05, 0) is 43.5 Å². The predicted molar refractivity (Wildman–Crippen MR) is 124 cm³/mol. The van der Waals surface area contributed by atoms with Crippen molar-refractivity contribution in [2.45, 2.75) is 51.6 Å². The molecule has 1 N–H and O–H groups in total. The number of thioether (sulfide) groups is 1. The van der Waals surface area contributed by atoms with Crippen LogP contribution in [0.2, 0.25) is 0 Å². The summed E-state index contributed by atoms with van der Waals surface area (Å²) in [5, 5.41) is 13.7. The summed E-state index contributed by atoms with van der Waals surface area (Å²) in [7, 11) is 0. The maximum atomic E-state index is 13.3. The fourth-order valence-corrected chi connectivity index (χ4v) is 3.76. The number of hydrogen-bond acceptors (Lipinski definition) is 5. The molecule has 2 aromatic carbocycles. The van der Waals surface area contributed by atoms with Gasteiger partial charge in [0.25, 0.3) is 5.69 Å². The lowest BCUT2D eigenvalue weighted by Gasteiger charge is -2.29. The Hall–Kier alpha value is -2.94. The van der Waals surface area contributed by atoms with Gasteiger partial charge in [0, 0.05) is 30.5 Å². The molecular weight excluding hydrogens is 433 g/mol. The highest BCUT2D eigenvalue weighted by Crippen LogP contribution is 2.19. The number of benzene rings is 2. The third kappa shape index (κ3) is 7.64. The first kappa shape index (κ1) is 25.3. The molecule has 172 valence electrons. The zero-order valence-corrected chi connectivity index (χ0v) is 19.2. The molecule has 2 aromatic rings. The molecule has 2 rings (SSSR count). The average Bonchev–Trinajstić information content (AvgIpc) is 2.78. The topological polar surface area (TPSA) is 92.6 Å². The van der Waals surface area contributed by atoms with E-state index in [1.807, 2.05) is 13.8 Å². The number of nitrogens with one attached hydrogen (secondary N) is 1. The molecule has 2 amide bonds. The molecule has 0 aromatic heterocycles. The Bertz CT molecular complexity index is 922. The van der Waals surface area contributed by atoms with E-state index in [-0.39, 0.29) is 41.7 Å². The maximum Gasteiger partial charge on any atom is 0.269 e. The quantitative estimate of drug-likeness (QED) is 0.398. The second-order valence-electron chi connectivity index (χ2n) is 7.56. The van der Waals surface area contributed by atoms with E-state index in [1.54, 1.807) is 31.2 Å². The van der Waals surface area contributed by atoms with Gasteiger partial charge in [0.1, 0.15) is 11.9 Å². The van der Waals surface area contributed by atoms with Crippen LogP contribution in [0.4, 0.5) is 10.1 Å². The molecule has 2 atom stereocenters. The van der Waals surface area contributed by atoms with Crippen LogP contribution in [0, 0.1) is 15.9 Å². The molecule has 0 bridgehead atoms. The molecule has 0 aliphatic heterocycles. The lowest BCUT2D eigenvalue weighted by atomic mass is 10.1. The predicted octanol–water partition coefficient (Wildman–Crippen LogP) is 4.30. The first-order chi connectivity index (χ1) is 15.2.